The number of allylic oxidation sites excluding steroid dienone is 4. The third-order valence-corrected chi connectivity index (χ3v) is 6.28. The Balaban J connectivity index is 2.15. The minimum absolute atomic E-state index is 0.0211. The number of benzene rings is 1. The SMILES string of the molecule is CCC(C)C1=C(c2ccc3c(c2)N(C(=O)OC(C)C)C[C@H](C)N3C(C)=O)C=CCCC1. The summed E-state index contributed by atoms with van der Waals surface area (Å²) >= 11 is 0. The van der Waals surface area contributed by atoms with E-state index in [1.54, 1.807) is 16.7 Å². The van der Waals surface area contributed by atoms with Gasteiger partial charge < -0.3 is 9.64 Å². The van der Waals surface area contributed by atoms with Crippen LogP contribution in [0.2, 0.25) is 0 Å². The molecule has 5 nitrogen and oxygen atoms in total. The van der Waals surface area contributed by atoms with Gasteiger partial charge >= 0.3 is 6.09 Å². The predicted octanol–water partition coefficient (Wildman–Crippen LogP) is 6.33. The van der Waals surface area contributed by atoms with Crippen LogP contribution in [0.4, 0.5) is 16.2 Å². The smallest absolute Gasteiger partial charge is 0.414 e. The van der Waals surface area contributed by atoms with Crippen LogP contribution in [0.3, 0.4) is 0 Å². The van der Waals surface area contributed by atoms with Gasteiger partial charge in [0.05, 0.1) is 23.5 Å². The number of amides is 2. The third-order valence-electron chi connectivity index (χ3n) is 6.28. The number of ether oxygens (including phenoxy) is 1. The zero-order valence-electron chi connectivity index (χ0n) is 19.8. The maximum Gasteiger partial charge on any atom is 0.414 e. The van der Waals surface area contributed by atoms with E-state index in [1.165, 1.54) is 11.1 Å². The normalized spacial score (nSPS) is 19.9. The van der Waals surface area contributed by atoms with Gasteiger partial charge in [0, 0.05) is 13.5 Å². The summed E-state index contributed by atoms with van der Waals surface area (Å²) in [5.74, 6) is 0.483. The number of carbonyl (C=O) groups is 2. The summed E-state index contributed by atoms with van der Waals surface area (Å²) in [7, 11) is 0. The molecule has 1 aromatic carbocycles. The Bertz CT molecular complexity index is 900. The van der Waals surface area contributed by atoms with E-state index in [1.807, 2.05) is 26.8 Å². The van der Waals surface area contributed by atoms with Crippen LogP contribution in [0.15, 0.2) is 35.9 Å². The van der Waals surface area contributed by atoms with Gasteiger partial charge in [-0.05, 0) is 75.6 Å². The topological polar surface area (TPSA) is 49.9 Å². The molecular formula is C26H36N2O3. The first-order chi connectivity index (χ1) is 14.7. The fraction of sp³-hybridized carbons (Fsp3) is 0.538. The van der Waals surface area contributed by atoms with Crippen molar-refractivity contribution in [3.05, 3.63) is 41.5 Å². The van der Waals surface area contributed by atoms with E-state index in [-0.39, 0.29) is 24.1 Å². The molecule has 2 atom stereocenters. The van der Waals surface area contributed by atoms with E-state index in [0.717, 1.165) is 42.6 Å². The molecule has 168 valence electrons. The lowest BCUT2D eigenvalue weighted by Gasteiger charge is -2.40. The highest BCUT2D eigenvalue weighted by Crippen LogP contribution is 2.40. The molecule has 0 bridgehead atoms. The molecule has 2 aliphatic rings. The maximum atomic E-state index is 12.9. The highest BCUT2D eigenvalue weighted by molar-refractivity contribution is 6.03. The second-order valence-corrected chi connectivity index (χ2v) is 9.03. The van der Waals surface area contributed by atoms with Crippen LogP contribution >= 0.6 is 0 Å². The second-order valence-electron chi connectivity index (χ2n) is 9.03. The highest BCUT2D eigenvalue weighted by Gasteiger charge is 2.35. The minimum Gasteiger partial charge on any atom is -0.446 e. The van der Waals surface area contributed by atoms with E-state index >= 15 is 0 Å². The molecule has 1 aliphatic carbocycles. The summed E-state index contributed by atoms with van der Waals surface area (Å²) in [6.45, 7) is 12.2. The Morgan fingerprint density at radius 1 is 1.19 bits per heavy atom. The molecule has 1 aromatic rings. The van der Waals surface area contributed by atoms with Gasteiger partial charge in [0.25, 0.3) is 0 Å². The summed E-state index contributed by atoms with van der Waals surface area (Å²) in [4.78, 5) is 28.8. The summed E-state index contributed by atoms with van der Waals surface area (Å²) in [5, 5.41) is 0. The standard InChI is InChI=1S/C26H36N2O3/c1-7-18(4)22-11-9-8-10-12-23(22)21-13-14-24-25(15-21)27(26(30)31-17(2)3)16-19(5)28(24)20(6)29/h10,12-15,17-19H,7-9,11,16H2,1-6H3/t18?,19-/m0/s1. The largest absolute Gasteiger partial charge is 0.446 e. The quantitative estimate of drug-likeness (QED) is 0.567. The van der Waals surface area contributed by atoms with Gasteiger partial charge in [-0.3, -0.25) is 9.69 Å². The molecular weight excluding hydrogens is 388 g/mol. The van der Waals surface area contributed by atoms with Gasteiger partial charge in [0.1, 0.15) is 0 Å². The Hall–Kier alpha value is -2.56. The zero-order chi connectivity index (χ0) is 22.7. The summed E-state index contributed by atoms with van der Waals surface area (Å²) < 4.78 is 5.53. The first-order valence-electron chi connectivity index (χ1n) is 11.6. The number of carbonyl (C=O) groups excluding carboxylic acids is 2. The number of rotatable bonds is 4. The molecule has 0 radical (unpaired) electrons. The fourth-order valence-corrected chi connectivity index (χ4v) is 4.60. The van der Waals surface area contributed by atoms with Crippen LogP contribution in [0.25, 0.3) is 5.57 Å². The minimum atomic E-state index is -0.365. The monoisotopic (exact) mass is 424 g/mol. The van der Waals surface area contributed by atoms with Crippen LogP contribution < -0.4 is 9.80 Å². The van der Waals surface area contributed by atoms with Crippen molar-refractivity contribution in [1.82, 2.24) is 0 Å². The van der Waals surface area contributed by atoms with Gasteiger partial charge in [0.15, 0.2) is 0 Å². The van der Waals surface area contributed by atoms with Crippen LogP contribution in [0.5, 0.6) is 0 Å². The van der Waals surface area contributed by atoms with Gasteiger partial charge in [-0.1, -0.05) is 37.6 Å². The molecule has 5 heteroatoms. The molecule has 0 fully saturated rings. The lowest BCUT2D eigenvalue weighted by molar-refractivity contribution is -0.117. The molecule has 0 saturated heterocycles. The molecule has 0 saturated carbocycles. The molecule has 31 heavy (non-hydrogen) atoms. The molecule has 3 rings (SSSR count). The van der Waals surface area contributed by atoms with Gasteiger partial charge in [0.2, 0.25) is 5.91 Å². The van der Waals surface area contributed by atoms with Crippen molar-refractivity contribution in [3.8, 4) is 0 Å². The van der Waals surface area contributed by atoms with Gasteiger partial charge in [-0.15, -0.1) is 0 Å². The van der Waals surface area contributed by atoms with Crippen molar-refractivity contribution in [2.24, 2.45) is 5.92 Å². The fourth-order valence-electron chi connectivity index (χ4n) is 4.60. The summed E-state index contributed by atoms with van der Waals surface area (Å²) in [6, 6.07) is 6.01. The molecule has 1 heterocycles. The molecule has 1 aliphatic heterocycles. The maximum absolute atomic E-state index is 12.9. The van der Waals surface area contributed by atoms with Crippen molar-refractivity contribution in [2.75, 3.05) is 16.3 Å². The zero-order valence-corrected chi connectivity index (χ0v) is 19.8. The van der Waals surface area contributed by atoms with Crippen LogP contribution in [-0.2, 0) is 9.53 Å². The number of nitrogens with zero attached hydrogens (tertiary/aromatic N) is 2. The van der Waals surface area contributed by atoms with Crippen molar-refractivity contribution in [3.63, 3.8) is 0 Å². The average Bonchev–Trinajstić information content (AvgIpc) is 2.97. The molecule has 0 N–H and O–H groups in total. The van der Waals surface area contributed by atoms with Gasteiger partial charge in [-0.2, -0.15) is 0 Å². The van der Waals surface area contributed by atoms with E-state index < -0.39 is 0 Å². The van der Waals surface area contributed by atoms with E-state index in [4.69, 9.17) is 4.74 Å². The number of fused-ring (bicyclic) bond motifs is 1. The Morgan fingerprint density at radius 2 is 1.94 bits per heavy atom. The third kappa shape index (κ3) is 4.86. The van der Waals surface area contributed by atoms with Crippen molar-refractivity contribution < 1.29 is 14.3 Å². The summed E-state index contributed by atoms with van der Waals surface area (Å²) in [5.41, 5.74) is 5.32. The molecule has 0 spiro atoms. The van der Waals surface area contributed by atoms with Gasteiger partial charge in [-0.25, -0.2) is 4.79 Å². The average molecular weight is 425 g/mol. The Labute approximate surface area is 186 Å². The lowest BCUT2D eigenvalue weighted by atomic mass is 9.87. The number of anilines is 2. The van der Waals surface area contributed by atoms with Crippen LogP contribution in [0.1, 0.15) is 72.8 Å². The second kappa shape index (κ2) is 9.71. The Morgan fingerprint density at radius 3 is 2.58 bits per heavy atom. The predicted molar refractivity (Wildman–Crippen MR) is 127 cm³/mol. The van der Waals surface area contributed by atoms with Crippen LogP contribution in [-0.4, -0.2) is 30.7 Å². The number of hydrogen-bond acceptors (Lipinski definition) is 3. The van der Waals surface area contributed by atoms with Crippen LogP contribution in [0, 0.1) is 5.92 Å². The van der Waals surface area contributed by atoms with Crippen molar-refractivity contribution in [2.45, 2.75) is 79.4 Å². The molecule has 1 unspecified atom stereocenters. The Kier molecular flexibility index (Phi) is 7.24. The highest BCUT2D eigenvalue weighted by atomic mass is 16.6. The van der Waals surface area contributed by atoms with E-state index in [9.17, 15) is 9.59 Å². The number of hydrogen-bond donors (Lipinski definition) is 0. The first kappa shape index (κ1) is 23.1. The van der Waals surface area contributed by atoms with Crippen molar-refractivity contribution >= 4 is 28.9 Å². The molecule has 0 aromatic heterocycles. The molecule has 2 amide bonds. The van der Waals surface area contributed by atoms with Crippen molar-refractivity contribution in [1.29, 1.82) is 0 Å². The van der Waals surface area contributed by atoms with E-state index in [0.29, 0.717) is 12.5 Å². The first-order valence-corrected chi connectivity index (χ1v) is 11.6. The summed E-state index contributed by atoms with van der Waals surface area (Å²) in [6.07, 6.45) is 8.34. The lowest BCUT2D eigenvalue weighted by Crippen LogP contribution is -2.51. The van der Waals surface area contributed by atoms with E-state index in [2.05, 4.69) is 38.1 Å².